The number of fused-ring (bicyclic) bond motifs is 1. The van der Waals surface area contributed by atoms with Crippen LogP contribution in [0.1, 0.15) is 5.56 Å². The number of nitro groups is 2. The van der Waals surface area contributed by atoms with Gasteiger partial charge < -0.3 is 9.72 Å². The Morgan fingerprint density at radius 2 is 1.82 bits per heavy atom. The summed E-state index contributed by atoms with van der Waals surface area (Å²) in [5, 5.41) is 26.3. The Kier molecular flexibility index (Phi) is 5.42. The Balaban J connectivity index is 1.66. The molecular weight excluding hydrogens is 436 g/mol. The normalized spacial score (nSPS) is 11.0. The Labute approximate surface area is 182 Å². The Morgan fingerprint density at radius 3 is 2.52 bits per heavy atom. The minimum atomic E-state index is -0.770. The van der Waals surface area contributed by atoms with Gasteiger partial charge in [-0.15, -0.1) is 4.68 Å². The fourth-order valence-corrected chi connectivity index (χ4v) is 2.88. The van der Waals surface area contributed by atoms with Gasteiger partial charge in [0, 0.05) is 23.8 Å². The molecular formula is C20H12N6O7. The molecule has 0 fully saturated rings. The molecule has 2 aromatic heterocycles. The van der Waals surface area contributed by atoms with Crippen LogP contribution in [0.4, 0.5) is 11.4 Å². The van der Waals surface area contributed by atoms with Crippen molar-refractivity contribution in [3.63, 3.8) is 0 Å². The van der Waals surface area contributed by atoms with Gasteiger partial charge in [0.25, 0.3) is 11.2 Å². The number of nitrogens with one attached hydrogen (secondary N) is 1. The average molecular weight is 448 g/mol. The first-order valence-electron chi connectivity index (χ1n) is 9.18. The van der Waals surface area contributed by atoms with E-state index in [-0.39, 0.29) is 28.3 Å². The third-order valence-corrected chi connectivity index (χ3v) is 4.43. The molecule has 164 valence electrons. The fraction of sp³-hybridized carbons (Fsp3) is 0. The van der Waals surface area contributed by atoms with Crippen molar-refractivity contribution in [3.8, 4) is 11.6 Å². The van der Waals surface area contributed by atoms with E-state index in [0.717, 1.165) is 24.5 Å². The Hall–Kier alpha value is -5.20. The third kappa shape index (κ3) is 4.32. The summed E-state index contributed by atoms with van der Waals surface area (Å²) in [6, 6.07) is 12.6. The van der Waals surface area contributed by atoms with Crippen molar-refractivity contribution in [1.82, 2.24) is 14.6 Å². The highest BCUT2D eigenvalue weighted by atomic mass is 16.6. The highest BCUT2D eigenvalue weighted by Crippen LogP contribution is 2.31. The monoisotopic (exact) mass is 448 g/mol. The van der Waals surface area contributed by atoms with Gasteiger partial charge in [0.15, 0.2) is 0 Å². The summed E-state index contributed by atoms with van der Waals surface area (Å²) in [6.07, 6.45) is 2.08. The molecule has 0 spiro atoms. The summed E-state index contributed by atoms with van der Waals surface area (Å²) < 4.78 is 5.99. The molecule has 0 radical (unpaired) electrons. The smallest absolute Gasteiger partial charge is 0.349 e. The lowest BCUT2D eigenvalue weighted by molar-refractivity contribution is -0.385. The van der Waals surface area contributed by atoms with Crippen LogP contribution >= 0.6 is 0 Å². The molecule has 0 saturated heterocycles. The summed E-state index contributed by atoms with van der Waals surface area (Å²) >= 11 is 0. The number of benzene rings is 2. The van der Waals surface area contributed by atoms with Gasteiger partial charge in [0.2, 0.25) is 11.6 Å². The van der Waals surface area contributed by atoms with Crippen LogP contribution in [-0.4, -0.2) is 30.7 Å². The van der Waals surface area contributed by atoms with Gasteiger partial charge in [-0.2, -0.15) is 5.10 Å². The quantitative estimate of drug-likeness (QED) is 0.266. The van der Waals surface area contributed by atoms with Crippen LogP contribution < -0.4 is 16.0 Å². The zero-order valence-corrected chi connectivity index (χ0v) is 16.4. The standard InChI is InChI=1S/C20H12N6O7/c27-19-14-3-1-2-4-15(14)23-20(28)24(19)22-10-12-5-7-17(16(9-12)26(31)32)33-18-8-6-13(11-21-18)25(29)30/h1-11H,(H,23,28). The summed E-state index contributed by atoms with van der Waals surface area (Å²) in [4.78, 5) is 51.8. The van der Waals surface area contributed by atoms with Crippen molar-refractivity contribution in [2.24, 2.45) is 5.10 Å². The summed E-state index contributed by atoms with van der Waals surface area (Å²) in [5.41, 5.74) is -1.56. The van der Waals surface area contributed by atoms with Crippen LogP contribution in [0, 0.1) is 20.2 Å². The molecule has 0 bridgehead atoms. The SMILES string of the molecule is O=c1[nH]c2ccccc2c(=O)n1N=Cc1ccc(Oc2ccc([N+](=O)[O-])cn2)c([N+](=O)[O-])c1. The molecule has 0 amide bonds. The van der Waals surface area contributed by atoms with Crippen molar-refractivity contribution in [2.45, 2.75) is 0 Å². The second kappa shape index (κ2) is 8.50. The molecule has 0 aliphatic rings. The second-order valence-corrected chi connectivity index (χ2v) is 6.54. The van der Waals surface area contributed by atoms with Crippen molar-refractivity contribution < 1.29 is 14.6 Å². The van der Waals surface area contributed by atoms with Gasteiger partial charge in [-0.05, 0) is 24.3 Å². The molecule has 33 heavy (non-hydrogen) atoms. The van der Waals surface area contributed by atoms with Crippen LogP contribution in [0.3, 0.4) is 0 Å². The molecule has 13 nitrogen and oxygen atoms in total. The first-order chi connectivity index (χ1) is 15.8. The van der Waals surface area contributed by atoms with E-state index in [4.69, 9.17) is 4.74 Å². The first kappa shape index (κ1) is 21.0. The number of ether oxygens (including phenoxy) is 1. The molecule has 2 heterocycles. The molecule has 4 aromatic rings. The number of H-pyrrole nitrogens is 1. The van der Waals surface area contributed by atoms with E-state index >= 15 is 0 Å². The molecule has 2 aromatic carbocycles. The zero-order valence-electron chi connectivity index (χ0n) is 16.4. The second-order valence-electron chi connectivity index (χ2n) is 6.54. The number of aromatic nitrogens is 3. The van der Waals surface area contributed by atoms with Crippen LogP contribution in [0.5, 0.6) is 11.6 Å². The van der Waals surface area contributed by atoms with Gasteiger partial charge in [0.1, 0.15) is 6.20 Å². The van der Waals surface area contributed by atoms with Crippen LogP contribution in [-0.2, 0) is 0 Å². The average Bonchev–Trinajstić information content (AvgIpc) is 2.80. The molecule has 4 rings (SSSR count). The molecule has 1 N–H and O–H groups in total. The number of nitrogens with zero attached hydrogens (tertiary/aromatic N) is 5. The topological polar surface area (TPSA) is 176 Å². The Morgan fingerprint density at radius 1 is 1.03 bits per heavy atom. The van der Waals surface area contributed by atoms with E-state index in [1.165, 1.54) is 24.3 Å². The summed E-state index contributed by atoms with van der Waals surface area (Å²) in [7, 11) is 0. The van der Waals surface area contributed by atoms with E-state index < -0.39 is 26.8 Å². The van der Waals surface area contributed by atoms with Gasteiger partial charge in [-0.3, -0.25) is 25.0 Å². The molecule has 0 aliphatic carbocycles. The van der Waals surface area contributed by atoms with E-state index in [1.54, 1.807) is 18.2 Å². The lowest BCUT2D eigenvalue weighted by atomic mass is 10.2. The molecule has 0 aliphatic heterocycles. The van der Waals surface area contributed by atoms with E-state index in [1.807, 2.05) is 0 Å². The van der Waals surface area contributed by atoms with Crippen molar-refractivity contribution in [1.29, 1.82) is 0 Å². The van der Waals surface area contributed by atoms with Gasteiger partial charge >= 0.3 is 11.4 Å². The predicted octanol–water partition coefficient (Wildman–Crippen LogP) is 2.58. The minimum Gasteiger partial charge on any atom is -0.432 e. The predicted molar refractivity (Wildman–Crippen MR) is 116 cm³/mol. The van der Waals surface area contributed by atoms with Crippen molar-refractivity contribution >= 4 is 28.5 Å². The number of hydrogen-bond acceptors (Lipinski definition) is 9. The summed E-state index contributed by atoms with van der Waals surface area (Å²) in [6.45, 7) is 0. The van der Waals surface area contributed by atoms with Crippen LogP contribution in [0.25, 0.3) is 10.9 Å². The van der Waals surface area contributed by atoms with E-state index in [9.17, 15) is 29.8 Å². The van der Waals surface area contributed by atoms with Gasteiger partial charge in [0.05, 0.1) is 27.0 Å². The number of rotatable bonds is 6. The molecule has 0 saturated carbocycles. The van der Waals surface area contributed by atoms with Gasteiger partial charge in [-0.1, -0.05) is 12.1 Å². The van der Waals surface area contributed by atoms with Crippen molar-refractivity contribution in [2.75, 3.05) is 0 Å². The first-order valence-corrected chi connectivity index (χ1v) is 9.18. The van der Waals surface area contributed by atoms with E-state index in [0.29, 0.717) is 10.2 Å². The maximum atomic E-state index is 12.5. The summed E-state index contributed by atoms with van der Waals surface area (Å²) in [5.74, 6) is -0.251. The van der Waals surface area contributed by atoms with Gasteiger partial charge in [-0.25, -0.2) is 9.78 Å². The Bertz CT molecular complexity index is 1540. The highest BCUT2D eigenvalue weighted by Gasteiger charge is 2.18. The maximum absolute atomic E-state index is 12.5. The fourth-order valence-electron chi connectivity index (χ4n) is 2.88. The third-order valence-electron chi connectivity index (χ3n) is 4.43. The number of nitro benzene ring substituents is 1. The lowest BCUT2D eigenvalue weighted by Gasteiger charge is -2.06. The van der Waals surface area contributed by atoms with E-state index in [2.05, 4.69) is 15.1 Å². The molecule has 0 unspecified atom stereocenters. The molecule has 13 heteroatoms. The van der Waals surface area contributed by atoms with Crippen LogP contribution in [0.2, 0.25) is 0 Å². The zero-order chi connectivity index (χ0) is 23.5. The highest BCUT2D eigenvalue weighted by molar-refractivity contribution is 5.82. The largest absolute Gasteiger partial charge is 0.432 e. The number of aromatic amines is 1. The van der Waals surface area contributed by atoms with Crippen LogP contribution in [0.15, 0.2) is 75.5 Å². The number of hydrogen-bond donors (Lipinski definition) is 1. The maximum Gasteiger partial charge on any atom is 0.349 e. The number of pyridine rings is 1. The lowest BCUT2D eigenvalue weighted by Crippen LogP contribution is -2.32. The van der Waals surface area contributed by atoms with Crippen molar-refractivity contribution in [3.05, 3.63) is 107 Å². The molecule has 0 atom stereocenters. The minimum absolute atomic E-state index is 0.0839. The number of para-hydroxylation sites is 1.